The van der Waals surface area contributed by atoms with E-state index in [9.17, 15) is 10.1 Å². The van der Waals surface area contributed by atoms with Gasteiger partial charge in [0.25, 0.3) is 0 Å². The van der Waals surface area contributed by atoms with E-state index in [2.05, 4.69) is 39.9 Å². The first kappa shape index (κ1) is 19.7. The molecule has 1 saturated carbocycles. The lowest BCUT2D eigenvalue weighted by atomic mass is 9.88. The zero-order valence-electron chi connectivity index (χ0n) is 16.5. The molecule has 1 aromatic rings. The molecule has 0 aliphatic heterocycles. The van der Waals surface area contributed by atoms with E-state index in [0.717, 1.165) is 18.5 Å². The van der Waals surface area contributed by atoms with E-state index in [1.165, 1.54) is 0 Å². The van der Waals surface area contributed by atoms with Crippen LogP contribution in [0.5, 0.6) is 0 Å². The van der Waals surface area contributed by atoms with E-state index in [0.29, 0.717) is 5.56 Å². The molecule has 0 heterocycles. The molecule has 0 bridgehead atoms. The van der Waals surface area contributed by atoms with E-state index in [4.69, 9.17) is 4.43 Å². The smallest absolute Gasteiger partial charge is 0.229 e. The van der Waals surface area contributed by atoms with Gasteiger partial charge in [0.1, 0.15) is 6.07 Å². The summed E-state index contributed by atoms with van der Waals surface area (Å²) in [4.78, 5) is 15.1. The summed E-state index contributed by atoms with van der Waals surface area (Å²) in [5, 5.41) is 10.0. The Morgan fingerprint density at radius 2 is 1.72 bits per heavy atom. The van der Waals surface area contributed by atoms with Crippen LogP contribution in [0.25, 0.3) is 0 Å². The van der Waals surface area contributed by atoms with Crippen molar-refractivity contribution >= 4 is 19.8 Å². The molecule has 0 saturated heterocycles. The molecule has 4 nitrogen and oxygen atoms in total. The second kappa shape index (κ2) is 6.58. The quantitative estimate of drug-likeness (QED) is 0.704. The number of ketones is 1. The summed E-state index contributed by atoms with van der Waals surface area (Å²) in [5.41, 5.74) is 0.193. The number of carbonyl (C=O) groups is 1. The monoisotopic (exact) mass is 358 g/mol. The molecule has 0 aromatic heterocycles. The van der Waals surface area contributed by atoms with Crippen LogP contribution in [0.4, 0.5) is 5.69 Å². The highest BCUT2D eigenvalue weighted by Gasteiger charge is 2.53. The number of hydrogen-bond acceptors (Lipinski definition) is 4. The fourth-order valence-electron chi connectivity index (χ4n) is 2.56. The van der Waals surface area contributed by atoms with Crippen LogP contribution < -0.4 is 4.90 Å². The summed E-state index contributed by atoms with van der Waals surface area (Å²) in [5.74, 6) is -0.115. The summed E-state index contributed by atoms with van der Waals surface area (Å²) < 4.78 is 6.50. The van der Waals surface area contributed by atoms with Crippen LogP contribution in [0.1, 0.15) is 39.2 Å². The number of hydrogen-bond donors (Lipinski definition) is 0. The fourth-order valence-corrected chi connectivity index (χ4v) is 3.89. The molecule has 1 fully saturated rings. The van der Waals surface area contributed by atoms with E-state index >= 15 is 0 Å². The van der Waals surface area contributed by atoms with Crippen LogP contribution in [0.2, 0.25) is 18.1 Å². The molecular weight excluding hydrogens is 328 g/mol. The van der Waals surface area contributed by atoms with Crippen molar-refractivity contribution in [2.75, 3.05) is 19.0 Å². The maximum Gasteiger partial charge on any atom is 0.229 e. The maximum absolute atomic E-state index is 13.1. The molecule has 1 aromatic carbocycles. The van der Waals surface area contributed by atoms with Crippen molar-refractivity contribution in [1.82, 2.24) is 0 Å². The van der Waals surface area contributed by atoms with Gasteiger partial charge in [-0.05, 0) is 43.1 Å². The zero-order chi connectivity index (χ0) is 19.0. The van der Waals surface area contributed by atoms with Crippen LogP contribution in [0.3, 0.4) is 0 Å². The third-order valence-electron chi connectivity index (χ3n) is 5.46. The van der Waals surface area contributed by atoms with Gasteiger partial charge in [-0.15, -0.1) is 0 Å². The van der Waals surface area contributed by atoms with Crippen molar-refractivity contribution in [3.8, 4) is 6.07 Å². The largest absolute Gasteiger partial charge is 0.390 e. The minimum atomic E-state index is -2.31. The van der Waals surface area contributed by atoms with E-state index in [1.54, 1.807) is 0 Å². The molecule has 0 spiro atoms. The zero-order valence-corrected chi connectivity index (χ0v) is 17.5. The predicted octanol–water partition coefficient (Wildman–Crippen LogP) is 4.47. The minimum Gasteiger partial charge on any atom is -0.390 e. The summed E-state index contributed by atoms with van der Waals surface area (Å²) in [6, 6.07) is 9.90. The topological polar surface area (TPSA) is 53.3 Å². The maximum atomic E-state index is 13.1. The van der Waals surface area contributed by atoms with E-state index < -0.39 is 13.9 Å². The standard InChI is InChI=1S/C20H30N2O2Si/c1-19(2,3)25(6,7)24-20(14-21,18(23)15-8-9-15)16-10-12-17(13-11-16)22(4)5/h10-13,15H,8-9H2,1-7H3. The Bertz CT molecular complexity index is 679. The van der Waals surface area contributed by atoms with Crippen molar-refractivity contribution in [1.29, 1.82) is 5.26 Å². The Hall–Kier alpha value is -1.64. The Morgan fingerprint density at radius 3 is 2.08 bits per heavy atom. The molecule has 25 heavy (non-hydrogen) atoms. The van der Waals surface area contributed by atoms with Gasteiger partial charge in [-0.1, -0.05) is 32.9 Å². The summed E-state index contributed by atoms with van der Waals surface area (Å²) in [6.45, 7) is 10.6. The molecule has 0 amide bonds. The molecule has 5 heteroatoms. The average Bonchev–Trinajstić information content (AvgIpc) is 3.35. The first-order valence-electron chi connectivity index (χ1n) is 8.88. The van der Waals surface area contributed by atoms with Crippen LogP contribution >= 0.6 is 0 Å². The number of nitrogens with zero attached hydrogens (tertiary/aromatic N) is 2. The number of benzene rings is 1. The summed E-state index contributed by atoms with van der Waals surface area (Å²) in [6.07, 6.45) is 1.72. The second-order valence-corrected chi connectivity index (χ2v) is 13.5. The lowest BCUT2D eigenvalue weighted by Gasteiger charge is -2.42. The highest BCUT2D eigenvalue weighted by Crippen LogP contribution is 2.46. The van der Waals surface area contributed by atoms with Crippen molar-refractivity contribution < 1.29 is 9.22 Å². The average molecular weight is 359 g/mol. The third kappa shape index (κ3) is 3.80. The number of anilines is 1. The minimum absolute atomic E-state index is 0.0436. The molecule has 1 atom stereocenters. The Kier molecular flexibility index (Phi) is 5.18. The summed E-state index contributed by atoms with van der Waals surface area (Å²) in [7, 11) is 1.62. The van der Waals surface area contributed by atoms with Gasteiger partial charge in [0, 0.05) is 31.3 Å². The van der Waals surface area contributed by atoms with Crippen LogP contribution in [0, 0.1) is 17.2 Å². The molecule has 1 aliphatic carbocycles. The summed E-state index contributed by atoms with van der Waals surface area (Å²) >= 11 is 0. The van der Waals surface area contributed by atoms with Crippen LogP contribution in [0.15, 0.2) is 24.3 Å². The van der Waals surface area contributed by atoms with Gasteiger partial charge in [0.15, 0.2) is 14.1 Å². The number of carbonyl (C=O) groups excluding carboxylic acids is 1. The lowest BCUT2D eigenvalue weighted by molar-refractivity contribution is -0.133. The molecule has 2 rings (SSSR count). The van der Waals surface area contributed by atoms with Crippen LogP contribution in [-0.2, 0) is 14.8 Å². The van der Waals surface area contributed by atoms with Gasteiger partial charge in [0.05, 0.1) is 0 Å². The fraction of sp³-hybridized carbons (Fsp3) is 0.600. The van der Waals surface area contributed by atoms with Crippen molar-refractivity contribution in [2.45, 2.75) is 57.3 Å². The molecule has 1 unspecified atom stereocenters. The Labute approximate surface area is 152 Å². The number of rotatable bonds is 6. The van der Waals surface area contributed by atoms with Gasteiger partial charge in [-0.3, -0.25) is 4.79 Å². The van der Waals surface area contributed by atoms with Gasteiger partial charge >= 0.3 is 0 Å². The van der Waals surface area contributed by atoms with Crippen molar-refractivity contribution in [3.05, 3.63) is 29.8 Å². The lowest BCUT2D eigenvalue weighted by Crippen LogP contribution is -2.51. The first-order valence-corrected chi connectivity index (χ1v) is 11.8. The number of nitriles is 1. The van der Waals surface area contributed by atoms with Crippen molar-refractivity contribution in [3.63, 3.8) is 0 Å². The van der Waals surface area contributed by atoms with Gasteiger partial charge in [-0.2, -0.15) is 5.26 Å². The van der Waals surface area contributed by atoms with Crippen LogP contribution in [-0.4, -0.2) is 28.2 Å². The van der Waals surface area contributed by atoms with E-state index in [1.807, 2.05) is 43.3 Å². The predicted molar refractivity (Wildman–Crippen MR) is 104 cm³/mol. The molecule has 136 valence electrons. The molecule has 1 aliphatic rings. The van der Waals surface area contributed by atoms with Crippen molar-refractivity contribution in [2.24, 2.45) is 5.92 Å². The molecule has 0 N–H and O–H groups in total. The highest BCUT2D eigenvalue weighted by molar-refractivity contribution is 6.74. The SMILES string of the molecule is CN(C)c1ccc(C(C#N)(O[Si](C)(C)C(C)(C)C)C(=O)C2CC2)cc1. The second-order valence-electron chi connectivity index (χ2n) is 8.74. The van der Waals surface area contributed by atoms with Gasteiger partial charge in [-0.25, -0.2) is 0 Å². The van der Waals surface area contributed by atoms with E-state index in [-0.39, 0.29) is 16.7 Å². The molecule has 0 radical (unpaired) electrons. The first-order chi connectivity index (χ1) is 11.4. The van der Waals surface area contributed by atoms with Gasteiger partial charge in [0.2, 0.25) is 5.60 Å². The normalized spacial score (nSPS) is 17.5. The van der Waals surface area contributed by atoms with Gasteiger partial charge < -0.3 is 9.33 Å². The molecular formula is C20H30N2O2Si. The Balaban J connectivity index is 2.52. The third-order valence-corrected chi connectivity index (χ3v) is 9.89. The Morgan fingerprint density at radius 1 is 1.20 bits per heavy atom. The highest BCUT2D eigenvalue weighted by atomic mass is 28.4. The number of Topliss-reactive ketones (excluding diaryl/α,β-unsaturated/α-hetero) is 1.